The van der Waals surface area contributed by atoms with Crippen LogP contribution in [0.5, 0.6) is 0 Å². The van der Waals surface area contributed by atoms with Crippen molar-refractivity contribution in [2.45, 2.75) is 205 Å². The summed E-state index contributed by atoms with van der Waals surface area (Å²) in [5.74, 6) is 0. The number of benzene rings is 7. The molecule has 1 aliphatic heterocycles. The number of hydrogen-bond acceptors (Lipinski definition) is 1. The Morgan fingerprint density at radius 1 is 0.325 bits per heavy atom. The van der Waals surface area contributed by atoms with Crippen molar-refractivity contribution in [3.8, 4) is 5.69 Å². The van der Waals surface area contributed by atoms with Gasteiger partial charge in [0, 0.05) is 33.2 Å². The molecule has 77 heavy (non-hydrogen) atoms. The van der Waals surface area contributed by atoms with Gasteiger partial charge in [0.1, 0.15) is 0 Å². The standard InChI is InChI=1S/C74H86N2Si/c1-67(2)39-42-70(7,8)61-46-52(30-33-57(61)67)77(53-31-34-58-62(47-53)71(9,10)43-40-68(58,3)4,54-32-35-59-63(48-54)72(11,12)44-41-69(59,5)6)51-28-25-49(26-29-51)75-64-23-17-15-21-55(64)56-45-50(27-36-65(56)75)76-66-24-18-16-22-60(66)73(13)37-19-20-38-74(73,76)14/h15-18,21-36,45-48H,19-20,37-44H2,1-14H3. The van der Waals surface area contributed by atoms with E-state index in [0.717, 1.165) is 0 Å². The summed E-state index contributed by atoms with van der Waals surface area (Å²) in [4.78, 5) is 2.74. The summed E-state index contributed by atoms with van der Waals surface area (Å²) in [7, 11) is -3.11. The lowest BCUT2D eigenvalue weighted by atomic mass is 9.61. The minimum atomic E-state index is -3.11. The van der Waals surface area contributed by atoms with Gasteiger partial charge < -0.3 is 9.47 Å². The number of anilines is 2. The van der Waals surface area contributed by atoms with Gasteiger partial charge in [-0.05, 0) is 193 Å². The normalized spacial score (nSPS) is 24.2. The molecule has 0 saturated heterocycles. The first-order valence-electron chi connectivity index (χ1n) is 29.8. The summed E-state index contributed by atoms with van der Waals surface area (Å²) < 4.78 is 2.56. The van der Waals surface area contributed by atoms with Crippen molar-refractivity contribution in [1.82, 2.24) is 4.57 Å². The smallest absolute Gasteiger partial charge is 0.179 e. The quantitative estimate of drug-likeness (QED) is 0.119. The van der Waals surface area contributed by atoms with Crippen LogP contribution in [0.15, 0.2) is 146 Å². The lowest BCUT2D eigenvalue weighted by molar-refractivity contribution is 0.195. The predicted molar refractivity (Wildman–Crippen MR) is 333 cm³/mol. The number of hydrogen-bond donors (Lipinski definition) is 0. The average Bonchev–Trinajstić information content (AvgIpc) is 3.79. The summed E-state index contributed by atoms with van der Waals surface area (Å²) in [5, 5.41) is 8.59. The monoisotopic (exact) mass is 1030 g/mol. The maximum absolute atomic E-state index is 3.11. The van der Waals surface area contributed by atoms with Gasteiger partial charge in [-0.15, -0.1) is 0 Å². The second-order valence-electron chi connectivity index (χ2n) is 29.6. The van der Waals surface area contributed by atoms with E-state index in [1.807, 2.05) is 0 Å². The third-order valence-corrected chi connectivity index (χ3v) is 27.1. The zero-order chi connectivity index (χ0) is 54.1. The highest BCUT2D eigenvalue weighted by Crippen LogP contribution is 2.61. The van der Waals surface area contributed by atoms with Gasteiger partial charge >= 0.3 is 0 Å². The van der Waals surface area contributed by atoms with Crippen LogP contribution in [0.1, 0.15) is 200 Å². The zero-order valence-electron chi connectivity index (χ0n) is 49.3. The predicted octanol–water partition coefficient (Wildman–Crippen LogP) is 17.0. The van der Waals surface area contributed by atoms with Crippen molar-refractivity contribution in [1.29, 1.82) is 0 Å². The molecule has 0 N–H and O–H groups in total. The van der Waals surface area contributed by atoms with E-state index in [4.69, 9.17) is 0 Å². The molecule has 396 valence electrons. The highest BCUT2D eigenvalue weighted by Gasteiger charge is 2.58. The van der Waals surface area contributed by atoms with Crippen LogP contribution in [0.3, 0.4) is 0 Å². The van der Waals surface area contributed by atoms with Crippen LogP contribution in [0.25, 0.3) is 27.5 Å². The van der Waals surface area contributed by atoms with E-state index in [1.165, 1.54) is 146 Å². The maximum Gasteiger partial charge on any atom is 0.179 e. The van der Waals surface area contributed by atoms with E-state index >= 15 is 0 Å². The Labute approximate surface area is 463 Å². The highest BCUT2D eigenvalue weighted by molar-refractivity contribution is 7.20. The van der Waals surface area contributed by atoms with Crippen LogP contribution in [0.2, 0.25) is 0 Å². The maximum atomic E-state index is 2.75. The van der Waals surface area contributed by atoms with E-state index in [1.54, 1.807) is 16.7 Å². The Bertz CT molecular complexity index is 3510. The molecular formula is C74H86N2Si. The molecule has 0 spiro atoms. The molecule has 1 aromatic heterocycles. The fourth-order valence-electron chi connectivity index (χ4n) is 16.8. The Hall–Kier alpha value is -5.64. The molecule has 0 bridgehead atoms. The molecule has 0 amide bonds. The van der Waals surface area contributed by atoms with Crippen LogP contribution in [0.4, 0.5) is 11.4 Å². The Morgan fingerprint density at radius 3 is 1.26 bits per heavy atom. The molecule has 13 rings (SSSR count). The number of aromatic nitrogens is 1. The van der Waals surface area contributed by atoms with Gasteiger partial charge in [-0.25, -0.2) is 0 Å². The Morgan fingerprint density at radius 2 is 0.740 bits per heavy atom. The lowest BCUT2D eigenvalue weighted by Gasteiger charge is -2.50. The Balaban J connectivity index is 1.06. The van der Waals surface area contributed by atoms with E-state index in [9.17, 15) is 0 Å². The molecule has 0 radical (unpaired) electrons. The summed E-state index contributed by atoms with van der Waals surface area (Å²) >= 11 is 0. The van der Waals surface area contributed by atoms with Gasteiger partial charge in [-0.3, -0.25) is 0 Å². The van der Waals surface area contributed by atoms with E-state index in [0.29, 0.717) is 0 Å². The summed E-state index contributed by atoms with van der Waals surface area (Å²) in [6, 6.07) is 59.8. The molecule has 7 aromatic carbocycles. The minimum absolute atomic E-state index is 0.00519. The van der Waals surface area contributed by atoms with Gasteiger partial charge in [-0.2, -0.15) is 0 Å². The molecule has 8 aromatic rings. The summed E-state index contributed by atoms with van der Waals surface area (Å²) in [6.45, 7) is 35.1. The first kappa shape index (κ1) is 50.8. The van der Waals surface area contributed by atoms with Crippen molar-refractivity contribution in [2.75, 3.05) is 4.90 Å². The van der Waals surface area contributed by atoms with E-state index in [2.05, 4.69) is 252 Å². The van der Waals surface area contributed by atoms with E-state index < -0.39 is 8.07 Å². The van der Waals surface area contributed by atoms with Crippen LogP contribution in [-0.4, -0.2) is 18.2 Å². The fraction of sp³-hybridized carbons (Fsp3) is 0.432. The van der Waals surface area contributed by atoms with Crippen molar-refractivity contribution in [2.24, 2.45) is 0 Å². The minimum Gasteiger partial charge on any atom is -0.334 e. The van der Waals surface area contributed by atoms with Crippen LogP contribution < -0.4 is 25.6 Å². The molecule has 4 aliphatic carbocycles. The first-order chi connectivity index (χ1) is 36.3. The van der Waals surface area contributed by atoms with Crippen molar-refractivity contribution >= 4 is 62.0 Å². The van der Waals surface area contributed by atoms with Crippen molar-refractivity contribution in [3.05, 3.63) is 185 Å². The van der Waals surface area contributed by atoms with Crippen molar-refractivity contribution in [3.63, 3.8) is 0 Å². The average molecular weight is 1030 g/mol. The van der Waals surface area contributed by atoms with E-state index in [-0.39, 0.29) is 43.4 Å². The van der Waals surface area contributed by atoms with Gasteiger partial charge in [0.25, 0.3) is 0 Å². The zero-order valence-corrected chi connectivity index (χ0v) is 50.3. The topological polar surface area (TPSA) is 8.17 Å². The molecule has 5 aliphatic rings. The molecule has 2 nitrogen and oxygen atoms in total. The number of rotatable bonds is 6. The number of fused-ring (bicyclic) bond motifs is 9. The number of nitrogens with zero attached hydrogens (tertiary/aromatic N) is 2. The van der Waals surface area contributed by atoms with Crippen LogP contribution in [0, 0.1) is 0 Å². The number of para-hydroxylation sites is 2. The molecular weight excluding hydrogens is 945 g/mol. The molecule has 1 fully saturated rings. The largest absolute Gasteiger partial charge is 0.334 e. The van der Waals surface area contributed by atoms with Crippen LogP contribution in [-0.2, 0) is 37.9 Å². The second-order valence-corrected chi connectivity index (χ2v) is 33.4. The fourth-order valence-corrected chi connectivity index (χ4v) is 21.6. The SMILES string of the molecule is CC1(C)CCC(C)(C)c2cc([Si](c3ccc(-n4c5ccccc5c5cc(N6c7ccccc7C7(C)CCCCC67C)ccc54)cc3)(c3ccc4c(c3)C(C)(C)CCC4(C)C)c3ccc4c(c3)C(C)(C)CCC4(C)C)ccc21. The van der Waals surface area contributed by atoms with Crippen molar-refractivity contribution < 1.29 is 0 Å². The van der Waals surface area contributed by atoms with Gasteiger partial charge in [0.05, 0.1) is 16.6 Å². The highest BCUT2D eigenvalue weighted by atomic mass is 28.3. The first-order valence-corrected chi connectivity index (χ1v) is 31.8. The van der Waals surface area contributed by atoms with Crippen LogP contribution >= 0.6 is 0 Å². The molecule has 2 unspecified atom stereocenters. The summed E-state index contributed by atoms with van der Waals surface area (Å²) in [5.41, 5.74) is 17.8. The third kappa shape index (κ3) is 7.22. The molecule has 1 saturated carbocycles. The summed E-state index contributed by atoms with van der Waals surface area (Å²) in [6.07, 6.45) is 12.2. The third-order valence-electron chi connectivity index (χ3n) is 22.3. The van der Waals surface area contributed by atoms with Gasteiger partial charge in [0.2, 0.25) is 0 Å². The van der Waals surface area contributed by atoms with Gasteiger partial charge in [0.15, 0.2) is 8.07 Å². The van der Waals surface area contributed by atoms with Gasteiger partial charge in [-0.1, -0.05) is 206 Å². The lowest BCUT2D eigenvalue weighted by Crippen LogP contribution is -2.75. The molecule has 2 heterocycles. The Kier molecular flexibility index (Phi) is 11.0. The second kappa shape index (κ2) is 16.7. The molecule has 3 heteroatoms. The molecule has 2 atom stereocenters.